The van der Waals surface area contributed by atoms with Gasteiger partial charge in [0.1, 0.15) is 0 Å². The topological polar surface area (TPSA) is 69.7 Å². The van der Waals surface area contributed by atoms with Gasteiger partial charge >= 0.3 is 0 Å². The molecule has 1 heterocycles. The van der Waals surface area contributed by atoms with Gasteiger partial charge in [0.05, 0.1) is 4.90 Å². The van der Waals surface area contributed by atoms with Crippen LogP contribution in [0.2, 0.25) is 0 Å². The summed E-state index contributed by atoms with van der Waals surface area (Å²) in [7, 11) is -0.631. The molecule has 0 unspecified atom stereocenters. The molecule has 2 aromatic rings. The maximum Gasteiger partial charge on any atom is 0.251 e. The Morgan fingerprint density at radius 3 is 2.37 bits per heavy atom. The summed E-state index contributed by atoms with van der Waals surface area (Å²) in [6, 6.07) is 12.8. The predicted octanol–water partition coefficient (Wildman–Crippen LogP) is 3.16. The largest absolute Gasteiger partial charge is 0.348 e. The zero-order chi connectivity index (χ0) is 21.7. The zero-order valence-corrected chi connectivity index (χ0v) is 18.8. The standard InChI is InChI=1S/C23H31N3O3S/c1-18-11-12-21(30(28,29)25(2)3)15-22(18)23(27)24-16-19-9-5-6-10-20(19)17-26-13-7-4-8-14-26/h5-6,9-12,15H,4,7-8,13-14,16-17H2,1-3H3,(H,24,27). The molecule has 0 aromatic heterocycles. The molecule has 1 fully saturated rings. The van der Waals surface area contributed by atoms with Crippen molar-refractivity contribution in [2.24, 2.45) is 0 Å². The molecule has 7 heteroatoms. The Labute approximate surface area is 179 Å². The van der Waals surface area contributed by atoms with E-state index in [0.29, 0.717) is 12.1 Å². The molecule has 0 spiro atoms. The van der Waals surface area contributed by atoms with E-state index in [1.165, 1.54) is 51.1 Å². The third-order valence-corrected chi connectivity index (χ3v) is 7.44. The Bertz CT molecular complexity index is 997. The number of carbonyl (C=O) groups is 1. The first-order valence-corrected chi connectivity index (χ1v) is 11.8. The molecule has 0 saturated carbocycles. The van der Waals surface area contributed by atoms with Crippen LogP contribution >= 0.6 is 0 Å². The Kier molecular flexibility index (Phi) is 7.28. The first-order valence-electron chi connectivity index (χ1n) is 10.4. The SMILES string of the molecule is Cc1ccc(S(=O)(=O)N(C)C)cc1C(=O)NCc1ccccc1CN1CCCCC1. The van der Waals surface area contributed by atoms with E-state index in [4.69, 9.17) is 0 Å². The number of nitrogens with zero attached hydrogens (tertiary/aromatic N) is 2. The number of rotatable bonds is 7. The van der Waals surface area contributed by atoms with Gasteiger partial charge in [-0.1, -0.05) is 36.8 Å². The van der Waals surface area contributed by atoms with Gasteiger partial charge in [0.25, 0.3) is 5.91 Å². The summed E-state index contributed by atoms with van der Waals surface area (Å²) in [6.45, 7) is 5.35. The van der Waals surface area contributed by atoms with Crippen LogP contribution in [0.3, 0.4) is 0 Å². The van der Waals surface area contributed by atoms with Crippen LogP contribution in [0.25, 0.3) is 0 Å². The number of hydrogen-bond acceptors (Lipinski definition) is 4. The fourth-order valence-corrected chi connectivity index (χ4v) is 4.66. The maximum absolute atomic E-state index is 12.9. The predicted molar refractivity (Wildman–Crippen MR) is 119 cm³/mol. The van der Waals surface area contributed by atoms with Crippen molar-refractivity contribution in [3.05, 3.63) is 64.7 Å². The van der Waals surface area contributed by atoms with Gasteiger partial charge in [0.2, 0.25) is 10.0 Å². The van der Waals surface area contributed by atoms with Crippen LogP contribution in [-0.4, -0.2) is 50.7 Å². The van der Waals surface area contributed by atoms with Crippen LogP contribution in [0.15, 0.2) is 47.4 Å². The van der Waals surface area contributed by atoms with Crippen molar-refractivity contribution in [1.82, 2.24) is 14.5 Å². The molecule has 1 N–H and O–H groups in total. The van der Waals surface area contributed by atoms with Crippen LogP contribution in [0.1, 0.15) is 46.3 Å². The van der Waals surface area contributed by atoms with Crippen molar-refractivity contribution in [3.8, 4) is 0 Å². The Morgan fingerprint density at radius 1 is 1.03 bits per heavy atom. The smallest absolute Gasteiger partial charge is 0.251 e. The molecule has 0 bridgehead atoms. The first-order chi connectivity index (χ1) is 14.3. The number of aryl methyl sites for hydroxylation is 1. The minimum absolute atomic E-state index is 0.119. The van der Waals surface area contributed by atoms with Gasteiger partial charge in [0.15, 0.2) is 0 Å². The summed E-state index contributed by atoms with van der Waals surface area (Å²) >= 11 is 0. The maximum atomic E-state index is 12.9. The monoisotopic (exact) mass is 429 g/mol. The third kappa shape index (κ3) is 5.28. The lowest BCUT2D eigenvalue weighted by molar-refractivity contribution is 0.0950. The number of amides is 1. The van der Waals surface area contributed by atoms with E-state index >= 15 is 0 Å². The fourth-order valence-electron chi connectivity index (χ4n) is 3.73. The molecule has 3 rings (SSSR count). The summed E-state index contributed by atoms with van der Waals surface area (Å²) in [4.78, 5) is 15.4. The van der Waals surface area contributed by atoms with E-state index in [1.807, 2.05) is 25.1 Å². The summed E-state index contributed by atoms with van der Waals surface area (Å²) in [5.74, 6) is -0.268. The Balaban J connectivity index is 1.73. The minimum Gasteiger partial charge on any atom is -0.348 e. The number of hydrogen-bond donors (Lipinski definition) is 1. The third-order valence-electron chi connectivity index (χ3n) is 5.63. The molecule has 1 saturated heterocycles. The zero-order valence-electron chi connectivity index (χ0n) is 18.0. The van der Waals surface area contributed by atoms with E-state index in [1.54, 1.807) is 6.07 Å². The second-order valence-corrected chi connectivity index (χ2v) is 10.2. The molecule has 1 aliphatic heterocycles. The number of sulfonamides is 1. The van der Waals surface area contributed by atoms with Crippen LogP contribution in [0, 0.1) is 6.92 Å². The van der Waals surface area contributed by atoms with Crippen molar-refractivity contribution < 1.29 is 13.2 Å². The van der Waals surface area contributed by atoms with Gasteiger partial charge < -0.3 is 5.32 Å². The number of nitrogens with one attached hydrogen (secondary N) is 1. The molecular weight excluding hydrogens is 398 g/mol. The normalized spacial score (nSPS) is 15.3. The fraction of sp³-hybridized carbons (Fsp3) is 0.435. The van der Waals surface area contributed by atoms with Crippen molar-refractivity contribution in [2.75, 3.05) is 27.2 Å². The lowest BCUT2D eigenvalue weighted by Gasteiger charge is -2.27. The highest BCUT2D eigenvalue weighted by molar-refractivity contribution is 7.89. The van der Waals surface area contributed by atoms with Gasteiger partial charge in [-0.2, -0.15) is 0 Å². The van der Waals surface area contributed by atoms with Crippen molar-refractivity contribution in [2.45, 2.75) is 44.2 Å². The molecular formula is C23H31N3O3S. The van der Waals surface area contributed by atoms with Gasteiger partial charge in [-0.15, -0.1) is 0 Å². The second-order valence-electron chi connectivity index (χ2n) is 8.05. The summed E-state index contributed by atoms with van der Waals surface area (Å²) in [5, 5.41) is 2.98. The minimum atomic E-state index is -3.59. The highest BCUT2D eigenvalue weighted by atomic mass is 32.2. The summed E-state index contributed by atoms with van der Waals surface area (Å²) in [6.07, 6.45) is 3.78. The molecule has 0 radical (unpaired) electrons. The quantitative estimate of drug-likeness (QED) is 0.734. The van der Waals surface area contributed by atoms with Gasteiger partial charge in [-0.25, -0.2) is 12.7 Å². The van der Waals surface area contributed by atoms with Crippen molar-refractivity contribution in [1.29, 1.82) is 0 Å². The van der Waals surface area contributed by atoms with E-state index in [9.17, 15) is 13.2 Å². The molecule has 2 aromatic carbocycles. The van der Waals surface area contributed by atoms with Crippen molar-refractivity contribution in [3.63, 3.8) is 0 Å². The molecule has 0 atom stereocenters. The van der Waals surface area contributed by atoms with Gasteiger partial charge in [-0.3, -0.25) is 9.69 Å². The van der Waals surface area contributed by atoms with E-state index in [-0.39, 0.29) is 10.8 Å². The van der Waals surface area contributed by atoms with E-state index in [0.717, 1.165) is 35.1 Å². The average Bonchev–Trinajstić information content (AvgIpc) is 2.73. The molecule has 30 heavy (non-hydrogen) atoms. The van der Waals surface area contributed by atoms with E-state index in [2.05, 4.69) is 16.3 Å². The summed E-state index contributed by atoms with van der Waals surface area (Å²) < 4.78 is 26.0. The van der Waals surface area contributed by atoms with Crippen LogP contribution in [0.5, 0.6) is 0 Å². The number of likely N-dealkylation sites (tertiary alicyclic amines) is 1. The van der Waals surface area contributed by atoms with Gasteiger partial charge in [-0.05, 0) is 61.7 Å². The van der Waals surface area contributed by atoms with Crippen LogP contribution in [-0.2, 0) is 23.1 Å². The lowest BCUT2D eigenvalue weighted by atomic mass is 10.0. The Hall–Kier alpha value is -2.22. The number of piperidine rings is 1. The highest BCUT2D eigenvalue weighted by Gasteiger charge is 2.20. The van der Waals surface area contributed by atoms with Crippen molar-refractivity contribution >= 4 is 15.9 Å². The lowest BCUT2D eigenvalue weighted by Crippen LogP contribution is -2.30. The number of benzene rings is 2. The van der Waals surface area contributed by atoms with Crippen LogP contribution < -0.4 is 5.32 Å². The molecule has 1 aliphatic rings. The Morgan fingerprint density at radius 2 is 1.70 bits per heavy atom. The highest BCUT2D eigenvalue weighted by Crippen LogP contribution is 2.19. The van der Waals surface area contributed by atoms with E-state index < -0.39 is 10.0 Å². The van der Waals surface area contributed by atoms with Gasteiger partial charge in [0, 0.05) is 32.7 Å². The number of carbonyl (C=O) groups excluding carboxylic acids is 1. The molecule has 1 amide bonds. The molecule has 0 aliphatic carbocycles. The summed E-state index contributed by atoms with van der Waals surface area (Å²) in [5.41, 5.74) is 3.43. The van der Waals surface area contributed by atoms with Crippen LogP contribution in [0.4, 0.5) is 0 Å². The first kappa shape index (κ1) is 22.5. The average molecular weight is 430 g/mol. The molecule has 6 nitrogen and oxygen atoms in total. The second kappa shape index (κ2) is 9.73. The molecule has 162 valence electrons.